The van der Waals surface area contributed by atoms with Crippen molar-refractivity contribution in [2.75, 3.05) is 11.5 Å². The molecule has 5 nitrogen and oxygen atoms in total. The summed E-state index contributed by atoms with van der Waals surface area (Å²) in [7, 11) is 0. The van der Waals surface area contributed by atoms with Crippen molar-refractivity contribution in [2.24, 2.45) is 0 Å². The molecule has 2 aromatic carbocycles. The molecule has 0 atom stereocenters. The minimum atomic E-state index is -0.182. The molecule has 0 unspecified atom stereocenters. The minimum Gasteiger partial charge on any atom is -0.494 e. The van der Waals surface area contributed by atoms with E-state index in [1.165, 1.54) is 11.3 Å². The summed E-state index contributed by atoms with van der Waals surface area (Å²) in [6.45, 7) is 6.44. The maximum absolute atomic E-state index is 13.1. The number of nitrogens with zero attached hydrogens (tertiary/aromatic N) is 3. The lowest BCUT2D eigenvalue weighted by Gasteiger charge is -2.26. The van der Waals surface area contributed by atoms with Crippen molar-refractivity contribution in [3.8, 4) is 22.4 Å². The number of carbonyl (C=O) groups excluding carboxylic acids is 1. The molecule has 1 heterocycles. The molecule has 142 valence electrons. The fourth-order valence-electron chi connectivity index (χ4n) is 2.86. The van der Waals surface area contributed by atoms with Crippen molar-refractivity contribution >= 4 is 22.9 Å². The number of carbonyl (C=O) groups is 1. The molecular formula is C22H21N3O2S. The third kappa shape index (κ3) is 4.21. The van der Waals surface area contributed by atoms with Crippen LogP contribution in [0.4, 0.5) is 5.69 Å². The van der Waals surface area contributed by atoms with Gasteiger partial charge >= 0.3 is 0 Å². The molecule has 28 heavy (non-hydrogen) atoms. The first kappa shape index (κ1) is 19.6. The number of hydrogen-bond acceptors (Lipinski definition) is 5. The fraction of sp³-hybridized carbons (Fsp3) is 0.227. The number of aromatic nitrogens is 1. The quantitative estimate of drug-likeness (QED) is 0.584. The molecule has 0 fully saturated rings. The molecule has 0 spiro atoms. The molecule has 0 saturated carbocycles. The van der Waals surface area contributed by atoms with Gasteiger partial charge in [0, 0.05) is 22.7 Å². The van der Waals surface area contributed by atoms with E-state index in [2.05, 4.69) is 11.1 Å². The lowest BCUT2D eigenvalue weighted by Crippen LogP contribution is -2.37. The molecule has 3 aromatic rings. The van der Waals surface area contributed by atoms with Crippen molar-refractivity contribution in [3.63, 3.8) is 0 Å². The van der Waals surface area contributed by atoms with Gasteiger partial charge in [-0.3, -0.25) is 4.79 Å². The molecular weight excluding hydrogens is 370 g/mol. The lowest BCUT2D eigenvalue weighted by molar-refractivity contribution is 0.0976. The Bertz CT molecular complexity index is 1000. The van der Waals surface area contributed by atoms with Crippen LogP contribution in [0, 0.1) is 11.3 Å². The number of thiazole rings is 1. The minimum absolute atomic E-state index is 0.0722. The van der Waals surface area contributed by atoms with E-state index in [1.54, 1.807) is 28.5 Å². The number of hydrogen-bond donors (Lipinski definition) is 0. The van der Waals surface area contributed by atoms with Crippen molar-refractivity contribution < 1.29 is 9.53 Å². The van der Waals surface area contributed by atoms with E-state index in [9.17, 15) is 4.79 Å². The van der Waals surface area contributed by atoms with Gasteiger partial charge < -0.3 is 9.64 Å². The molecule has 6 heteroatoms. The smallest absolute Gasteiger partial charge is 0.277 e. The maximum atomic E-state index is 13.1. The van der Waals surface area contributed by atoms with Crippen LogP contribution in [-0.2, 0) is 0 Å². The zero-order chi connectivity index (χ0) is 20.1. The Balaban J connectivity index is 1.88. The standard InChI is InChI=1S/C22H21N3O2S/c1-4-27-19-10-8-17(9-11-19)21-24-20(14-28-21)22(26)25(15(2)3)18-7-5-6-16(12-18)13-23/h5-12,14-15H,4H2,1-3H3. The zero-order valence-electron chi connectivity index (χ0n) is 16.0. The summed E-state index contributed by atoms with van der Waals surface area (Å²) < 4.78 is 5.47. The fourth-order valence-corrected chi connectivity index (χ4v) is 3.66. The molecule has 0 aliphatic rings. The highest BCUT2D eigenvalue weighted by molar-refractivity contribution is 7.13. The molecule has 1 amide bonds. The third-order valence-electron chi connectivity index (χ3n) is 4.12. The Morgan fingerprint density at radius 2 is 2.00 bits per heavy atom. The van der Waals surface area contributed by atoms with E-state index in [0.29, 0.717) is 23.6 Å². The van der Waals surface area contributed by atoms with Gasteiger partial charge in [0.05, 0.1) is 18.2 Å². The summed E-state index contributed by atoms with van der Waals surface area (Å²) in [5, 5.41) is 11.7. The highest BCUT2D eigenvalue weighted by atomic mass is 32.1. The van der Waals surface area contributed by atoms with Gasteiger partial charge in [0.1, 0.15) is 16.5 Å². The average molecular weight is 391 g/mol. The van der Waals surface area contributed by atoms with Gasteiger partial charge in [0.2, 0.25) is 0 Å². The van der Waals surface area contributed by atoms with Crippen LogP contribution in [0.5, 0.6) is 5.75 Å². The van der Waals surface area contributed by atoms with E-state index in [-0.39, 0.29) is 11.9 Å². The normalized spacial score (nSPS) is 10.5. The Labute approximate surface area is 168 Å². The molecule has 0 radical (unpaired) electrons. The van der Waals surface area contributed by atoms with Crippen LogP contribution in [0.25, 0.3) is 10.6 Å². The van der Waals surface area contributed by atoms with Crippen LogP contribution < -0.4 is 9.64 Å². The Hall–Kier alpha value is -3.17. The molecule has 3 rings (SSSR count). The molecule has 0 bridgehead atoms. The highest BCUT2D eigenvalue weighted by Gasteiger charge is 2.23. The molecule has 1 aromatic heterocycles. The second kappa shape index (κ2) is 8.68. The number of amides is 1. The van der Waals surface area contributed by atoms with Gasteiger partial charge in [0.15, 0.2) is 0 Å². The topological polar surface area (TPSA) is 66.2 Å². The molecule has 0 N–H and O–H groups in total. The Morgan fingerprint density at radius 1 is 1.25 bits per heavy atom. The first-order valence-electron chi connectivity index (χ1n) is 9.06. The van der Waals surface area contributed by atoms with Crippen molar-refractivity contribution in [3.05, 3.63) is 65.2 Å². The van der Waals surface area contributed by atoms with E-state index < -0.39 is 0 Å². The van der Waals surface area contributed by atoms with Gasteiger partial charge in [-0.1, -0.05) is 6.07 Å². The molecule has 0 aliphatic heterocycles. The second-order valence-corrected chi connectivity index (χ2v) is 7.28. The van der Waals surface area contributed by atoms with Gasteiger partial charge in [-0.25, -0.2) is 4.98 Å². The first-order chi connectivity index (χ1) is 13.5. The summed E-state index contributed by atoms with van der Waals surface area (Å²) in [6.07, 6.45) is 0. The zero-order valence-corrected chi connectivity index (χ0v) is 16.9. The van der Waals surface area contributed by atoms with Crippen molar-refractivity contribution in [1.29, 1.82) is 5.26 Å². The largest absolute Gasteiger partial charge is 0.494 e. The lowest BCUT2D eigenvalue weighted by atomic mass is 10.1. The monoisotopic (exact) mass is 391 g/mol. The highest BCUT2D eigenvalue weighted by Crippen LogP contribution is 2.28. The summed E-state index contributed by atoms with van der Waals surface area (Å²) in [6, 6.07) is 16.8. The average Bonchev–Trinajstić information content (AvgIpc) is 3.19. The molecule has 0 saturated heterocycles. The van der Waals surface area contributed by atoms with Crippen LogP contribution in [0.1, 0.15) is 36.8 Å². The number of ether oxygens (including phenoxy) is 1. The van der Waals surface area contributed by atoms with E-state index >= 15 is 0 Å². The summed E-state index contributed by atoms with van der Waals surface area (Å²) in [5.41, 5.74) is 2.54. The number of anilines is 1. The first-order valence-corrected chi connectivity index (χ1v) is 9.94. The van der Waals surface area contributed by atoms with E-state index in [0.717, 1.165) is 16.3 Å². The van der Waals surface area contributed by atoms with E-state index in [1.807, 2.05) is 51.1 Å². The predicted octanol–water partition coefficient (Wildman–Crippen LogP) is 5.14. The number of nitriles is 1. The molecule has 0 aliphatic carbocycles. The van der Waals surface area contributed by atoms with Crippen LogP contribution in [0.15, 0.2) is 53.9 Å². The SMILES string of the molecule is CCOc1ccc(-c2nc(C(=O)N(c3cccc(C#N)c3)C(C)C)cs2)cc1. The summed E-state index contributed by atoms with van der Waals surface area (Å²) >= 11 is 1.43. The van der Waals surface area contributed by atoms with Crippen LogP contribution in [-0.4, -0.2) is 23.5 Å². The number of rotatable bonds is 6. The summed E-state index contributed by atoms with van der Waals surface area (Å²) in [4.78, 5) is 19.4. The number of benzene rings is 2. The van der Waals surface area contributed by atoms with E-state index in [4.69, 9.17) is 10.00 Å². The van der Waals surface area contributed by atoms with Gasteiger partial charge in [-0.2, -0.15) is 5.26 Å². The second-order valence-electron chi connectivity index (χ2n) is 6.43. The van der Waals surface area contributed by atoms with Crippen molar-refractivity contribution in [1.82, 2.24) is 4.98 Å². The van der Waals surface area contributed by atoms with Gasteiger partial charge in [0.25, 0.3) is 5.91 Å². The Morgan fingerprint density at radius 3 is 2.64 bits per heavy atom. The van der Waals surface area contributed by atoms with Crippen molar-refractivity contribution in [2.45, 2.75) is 26.8 Å². The van der Waals surface area contributed by atoms with Crippen LogP contribution in [0.2, 0.25) is 0 Å². The van der Waals surface area contributed by atoms with Gasteiger partial charge in [-0.05, 0) is 63.2 Å². The predicted molar refractivity (Wildman–Crippen MR) is 112 cm³/mol. The maximum Gasteiger partial charge on any atom is 0.277 e. The van der Waals surface area contributed by atoms with Crippen LogP contribution in [0.3, 0.4) is 0 Å². The third-order valence-corrected chi connectivity index (χ3v) is 5.02. The van der Waals surface area contributed by atoms with Gasteiger partial charge in [-0.15, -0.1) is 11.3 Å². The summed E-state index contributed by atoms with van der Waals surface area (Å²) in [5.74, 6) is 0.626. The van der Waals surface area contributed by atoms with Crippen LogP contribution >= 0.6 is 11.3 Å². The Kier molecular flexibility index (Phi) is 6.07.